The van der Waals surface area contributed by atoms with Crippen molar-refractivity contribution in [3.05, 3.63) is 0 Å². The van der Waals surface area contributed by atoms with Gasteiger partial charge in [-0.2, -0.15) is 0 Å². The summed E-state index contributed by atoms with van der Waals surface area (Å²) in [6.07, 6.45) is 7.11. The molecular weight excluding hydrogens is 311 g/mol. The summed E-state index contributed by atoms with van der Waals surface area (Å²) in [6, 6.07) is 0. The average Bonchev–Trinajstić information content (AvgIpc) is 2.89. The Balaban J connectivity index is 1.80. The Labute approximate surface area is 113 Å². The molecule has 0 heterocycles. The van der Waals surface area contributed by atoms with Crippen molar-refractivity contribution in [2.45, 2.75) is 51.6 Å². The van der Waals surface area contributed by atoms with Gasteiger partial charge in [-0.15, -0.1) is 0 Å². The van der Waals surface area contributed by atoms with Crippen LogP contribution < -0.4 is 0 Å². The van der Waals surface area contributed by atoms with Crippen LogP contribution in [0.1, 0.15) is 46.0 Å². The van der Waals surface area contributed by atoms with Gasteiger partial charge in [0, 0.05) is 4.43 Å². The van der Waals surface area contributed by atoms with Gasteiger partial charge in [-0.3, -0.25) is 0 Å². The summed E-state index contributed by atoms with van der Waals surface area (Å²) in [7, 11) is 0. The molecule has 0 aromatic rings. The summed E-state index contributed by atoms with van der Waals surface area (Å²) < 4.78 is 7.69. The Bertz CT molecular complexity index is 284. The molecule has 3 atom stereocenters. The molecule has 3 fully saturated rings. The van der Waals surface area contributed by atoms with Crippen LogP contribution >= 0.6 is 22.6 Å². The molecule has 0 N–H and O–H groups in total. The fourth-order valence-electron chi connectivity index (χ4n) is 4.11. The van der Waals surface area contributed by atoms with Crippen LogP contribution in [0, 0.1) is 23.2 Å². The van der Waals surface area contributed by atoms with E-state index < -0.39 is 0 Å². The van der Waals surface area contributed by atoms with Gasteiger partial charge in [-0.05, 0) is 55.3 Å². The van der Waals surface area contributed by atoms with Crippen molar-refractivity contribution in [2.24, 2.45) is 23.2 Å². The topological polar surface area (TPSA) is 9.23 Å². The summed E-state index contributed by atoms with van der Waals surface area (Å²) in [6.45, 7) is 5.96. The van der Waals surface area contributed by atoms with E-state index in [-0.39, 0.29) is 5.60 Å². The van der Waals surface area contributed by atoms with E-state index in [1.54, 1.807) is 0 Å². The summed E-state index contributed by atoms with van der Waals surface area (Å²) >= 11 is 2.57. The highest BCUT2D eigenvalue weighted by molar-refractivity contribution is 14.1. The summed E-state index contributed by atoms with van der Waals surface area (Å²) in [5.41, 5.74) is 0.616. The highest BCUT2D eigenvalue weighted by Crippen LogP contribution is 2.63. The first-order valence-corrected chi connectivity index (χ1v) is 8.32. The SMILES string of the molecule is CC1(C)C2CCC(C2)C1(CI)OCC1CC1. The minimum atomic E-state index is 0.207. The van der Waals surface area contributed by atoms with E-state index >= 15 is 0 Å². The number of alkyl halides is 1. The van der Waals surface area contributed by atoms with Crippen LogP contribution in [0.25, 0.3) is 0 Å². The molecule has 0 amide bonds. The largest absolute Gasteiger partial charge is 0.373 e. The number of hydrogen-bond acceptors (Lipinski definition) is 1. The third-order valence-corrected chi connectivity index (χ3v) is 6.81. The smallest absolute Gasteiger partial charge is 0.0852 e. The van der Waals surface area contributed by atoms with Crippen LogP contribution in [-0.2, 0) is 4.74 Å². The molecular formula is C14H23IO. The maximum absolute atomic E-state index is 6.51. The van der Waals surface area contributed by atoms with E-state index in [4.69, 9.17) is 4.74 Å². The molecule has 0 aromatic carbocycles. The van der Waals surface area contributed by atoms with Gasteiger partial charge in [0.1, 0.15) is 0 Å². The predicted molar refractivity (Wildman–Crippen MR) is 74.9 cm³/mol. The minimum Gasteiger partial charge on any atom is -0.373 e. The molecule has 3 rings (SSSR count). The Hall–Kier alpha value is 0.690. The lowest BCUT2D eigenvalue weighted by Gasteiger charge is -2.49. The molecule has 3 saturated carbocycles. The maximum Gasteiger partial charge on any atom is 0.0852 e. The Morgan fingerprint density at radius 1 is 1.12 bits per heavy atom. The number of ether oxygens (including phenoxy) is 1. The number of rotatable bonds is 4. The van der Waals surface area contributed by atoms with Crippen LogP contribution in [-0.4, -0.2) is 16.6 Å². The van der Waals surface area contributed by atoms with Gasteiger partial charge in [0.25, 0.3) is 0 Å². The number of halogens is 1. The second-order valence-electron chi connectivity index (χ2n) is 6.71. The van der Waals surface area contributed by atoms with Gasteiger partial charge in [-0.25, -0.2) is 0 Å². The highest BCUT2D eigenvalue weighted by atomic mass is 127. The van der Waals surface area contributed by atoms with Crippen molar-refractivity contribution in [2.75, 3.05) is 11.0 Å². The van der Waals surface area contributed by atoms with Gasteiger partial charge in [0.15, 0.2) is 0 Å². The molecule has 0 aliphatic heterocycles. The molecule has 0 saturated heterocycles. The van der Waals surface area contributed by atoms with Crippen molar-refractivity contribution in [3.8, 4) is 0 Å². The Morgan fingerprint density at radius 2 is 1.81 bits per heavy atom. The fraction of sp³-hybridized carbons (Fsp3) is 1.00. The first-order valence-electron chi connectivity index (χ1n) is 6.80. The maximum atomic E-state index is 6.51. The third kappa shape index (κ3) is 1.51. The molecule has 0 radical (unpaired) electrons. The van der Waals surface area contributed by atoms with Crippen LogP contribution in [0.15, 0.2) is 0 Å². The van der Waals surface area contributed by atoms with Crippen molar-refractivity contribution in [1.29, 1.82) is 0 Å². The first-order chi connectivity index (χ1) is 7.60. The highest BCUT2D eigenvalue weighted by Gasteiger charge is 2.63. The normalized spacial score (nSPS) is 45.2. The molecule has 16 heavy (non-hydrogen) atoms. The predicted octanol–water partition coefficient (Wildman–Crippen LogP) is 4.04. The quantitative estimate of drug-likeness (QED) is 0.557. The van der Waals surface area contributed by atoms with Crippen molar-refractivity contribution < 1.29 is 4.74 Å². The molecule has 1 nitrogen and oxygen atoms in total. The van der Waals surface area contributed by atoms with Crippen LogP contribution in [0.3, 0.4) is 0 Å². The second-order valence-corrected chi connectivity index (χ2v) is 7.47. The van der Waals surface area contributed by atoms with E-state index in [1.165, 1.54) is 36.5 Å². The van der Waals surface area contributed by atoms with Crippen molar-refractivity contribution >= 4 is 22.6 Å². The first kappa shape index (κ1) is 11.8. The molecule has 3 unspecified atom stereocenters. The van der Waals surface area contributed by atoms with Gasteiger partial charge >= 0.3 is 0 Å². The summed E-state index contributed by atoms with van der Waals surface area (Å²) in [5, 5.41) is 0. The molecule has 2 heteroatoms. The van der Waals surface area contributed by atoms with Gasteiger partial charge in [-0.1, -0.05) is 36.4 Å². The molecule has 2 bridgehead atoms. The molecule has 3 aliphatic carbocycles. The van der Waals surface area contributed by atoms with Crippen LogP contribution in [0.4, 0.5) is 0 Å². The van der Waals surface area contributed by atoms with E-state index in [0.717, 1.165) is 24.4 Å². The van der Waals surface area contributed by atoms with Crippen molar-refractivity contribution in [3.63, 3.8) is 0 Å². The van der Waals surface area contributed by atoms with Gasteiger partial charge in [0.2, 0.25) is 0 Å². The monoisotopic (exact) mass is 334 g/mol. The average molecular weight is 334 g/mol. The molecule has 0 spiro atoms. The third-order valence-electron chi connectivity index (χ3n) is 5.68. The number of hydrogen-bond donors (Lipinski definition) is 0. The Kier molecular flexibility index (Phi) is 2.82. The lowest BCUT2D eigenvalue weighted by molar-refractivity contribution is -0.138. The number of fused-ring (bicyclic) bond motifs is 2. The molecule has 0 aromatic heterocycles. The Morgan fingerprint density at radius 3 is 2.31 bits per heavy atom. The second kappa shape index (κ2) is 3.84. The summed E-state index contributed by atoms with van der Waals surface area (Å²) in [5.74, 6) is 2.67. The zero-order chi connectivity index (χ0) is 11.4. The van der Waals surface area contributed by atoms with E-state index in [1.807, 2.05) is 0 Å². The van der Waals surface area contributed by atoms with Crippen LogP contribution in [0.2, 0.25) is 0 Å². The van der Waals surface area contributed by atoms with E-state index in [9.17, 15) is 0 Å². The summed E-state index contributed by atoms with van der Waals surface area (Å²) in [4.78, 5) is 0. The standard InChI is InChI=1S/C14H23IO/c1-13(2)11-5-6-12(7-11)14(13,9-15)16-8-10-3-4-10/h10-12H,3-9H2,1-2H3. The zero-order valence-electron chi connectivity index (χ0n) is 10.5. The zero-order valence-corrected chi connectivity index (χ0v) is 12.6. The van der Waals surface area contributed by atoms with Gasteiger partial charge < -0.3 is 4.74 Å². The van der Waals surface area contributed by atoms with E-state index in [0.29, 0.717) is 5.41 Å². The lowest BCUT2D eigenvalue weighted by Crippen LogP contribution is -2.53. The van der Waals surface area contributed by atoms with E-state index in [2.05, 4.69) is 36.4 Å². The van der Waals surface area contributed by atoms with Crippen molar-refractivity contribution in [1.82, 2.24) is 0 Å². The fourth-order valence-corrected chi connectivity index (χ4v) is 5.93. The minimum absolute atomic E-state index is 0.207. The molecule has 3 aliphatic rings. The molecule has 92 valence electrons. The van der Waals surface area contributed by atoms with Crippen LogP contribution in [0.5, 0.6) is 0 Å². The van der Waals surface area contributed by atoms with Gasteiger partial charge in [0.05, 0.1) is 12.2 Å². The lowest BCUT2D eigenvalue weighted by atomic mass is 9.66.